The molecule has 3 aromatic rings. The highest BCUT2D eigenvalue weighted by Gasteiger charge is 2.29. The lowest BCUT2D eigenvalue weighted by Gasteiger charge is -2.30. The summed E-state index contributed by atoms with van der Waals surface area (Å²) in [6.07, 6.45) is 1.14. The number of ether oxygens (including phenoxy) is 1. The maximum Gasteiger partial charge on any atom is 0.308 e. The minimum atomic E-state index is -3.89. The Kier molecular flexibility index (Phi) is 8.19. The topological polar surface area (TPSA) is 84.0 Å². The molecule has 194 valence electrons. The van der Waals surface area contributed by atoms with Gasteiger partial charge in [-0.05, 0) is 67.3 Å². The fourth-order valence-electron chi connectivity index (χ4n) is 4.46. The molecule has 0 radical (unpaired) electrons. The van der Waals surface area contributed by atoms with E-state index in [1.54, 1.807) is 77.7 Å². The number of piperidine rings is 1. The predicted octanol–water partition coefficient (Wildman–Crippen LogP) is 5.07. The lowest BCUT2D eigenvalue weighted by molar-refractivity contribution is -0.146. The van der Waals surface area contributed by atoms with Gasteiger partial charge in [0, 0.05) is 23.7 Å². The normalized spacial score (nSPS) is 14.3. The molecule has 3 aromatic carbocycles. The molecule has 1 fully saturated rings. The summed E-state index contributed by atoms with van der Waals surface area (Å²) in [6.45, 7) is 2.87. The van der Waals surface area contributed by atoms with Crippen LogP contribution >= 0.6 is 11.6 Å². The van der Waals surface area contributed by atoms with Gasteiger partial charge < -0.3 is 9.64 Å². The number of nitrogens with zero attached hydrogens (tertiary/aromatic N) is 2. The van der Waals surface area contributed by atoms with E-state index in [4.69, 9.17) is 16.3 Å². The van der Waals surface area contributed by atoms with Gasteiger partial charge in [-0.25, -0.2) is 8.42 Å². The van der Waals surface area contributed by atoms with Crippen molar-refractivity contribution in [2.45, 2.75) is 31.2 Å². The number of methoxy groups -OCH3 is 1. The van der Waals surface area contributed by atoms with E-state index in [1.807, 2.05) is 6.92 Å². The van der Waals surface area contributed by atoms with Gasteiger partial charge in [0.1, 0.15) is 0 Å². The van der Waals surface area contributed by atoms with Gasteiger partial charge in [0.25, 0.3) is 15.9 Å². The molecule has 0 aromatic heterocycles. The zero-order valence-electron chi connectivity index (χ0n) is 20.8. The van der Waals surface area contributed by atoms with E-state index < -0.39 is 10.0 Å². The van der Waals surface area contributed by atoms with Gasteiger partial charge in [0.2, 0.25) is 0 Å². The Morgan fingerprint density at radius 2 is 1.65 bits per heavy atom. The Labute approximate surface area is 222 Å². The second-order valence-electron chi connectivity index (χ2n) is 9.04. The number of likely N-dealkylation sites (tertiary alicyclic amines) is 1. The van der Waals surface area contributed by atoms with E-state index >= 15 is 0 Å². The smallest absolute Gasteiger partial charge is 0.308 e. The summed E-state index contributed by atoms with van der Waals surface area (Å²) in [6, 6.07) is 20.4. The van der Waals surface area contributed by atoms with Crippen molar-refractivity contribution in [2.75, 3.05) is 24.5 Å². The third-order valence-electron chi connectivity index (χ3n) is 6.61. The van der Waals surface area contributed by atoms with Crippen LogP contribution in [0.25, 0.3) is 0 Å². The summed E-state index contributed by atoms with van der Waals surface area (Å²) in [5.41, 5.74) is 2.49. The van der Waals surface area contributed by atoms with Crippen LogP contribution in [0.5, 0.6) is 0 Å². The van der Waals surface area contributed by atoms with Gasteiger partial charge in [0.15, 0.2) is 0 Å². The van der Waals surface area contributed by atoms with Crippen molar-refractivity contribution in [1.29, 1.82) is 0 Å². The number of hydrogen-bond donors (Lipinski definition) is 0. The number of carbonyl (C=O) groups is 2. The van der Waals surface area contributed by atoms with Gasteiger partial charge in [-0.15, -0.1) is 0 Å². The van der Waals surface area contributed by atoms with E-state index in [1.165, 1.54) is 11.4 Å². The average molecular weight is 541 g/mol. The molecule has 37 heavy (non-hydrogen) atoms. The highest BCUT2D eigenvalue weighted by Crippen LogP contribution is 2.31. The van der Waals surface area contributed by atoms with Gasteiger partial charge in [-0.1, -0.05) is 48.0 Å². The quantitative estimate of drug-likeness (QED) is 0.391. The lowest BCUT2D eigenvalue weighted by atomic mass is 9.96. The van der Waals surface area contributed by atoms with Crippen LogP contribution in [-0.4, -0.2) is 45.4 Å². The highest BCUT2D eigenvalue weighted by molar-refractivity contribution is 7.92. The molecule has 0 spiro atoms. The van der Waals surface area contributed by atoms with Crippen molar-refractivity contribution in [3.05, 3.63) is 94.5 Å². The second kappa shape index (κ2) is 11.4. The molecule has 0 aliphatic carbocycles. The summed E-state index contributed by atoms with van der Waals surface area (Å²) >= 11 is 6.23. The van der Waals surface area contributed by atoms with Crippen molar-refractivity contribution in [3.8, 4) is 0 Å². The summed E-state index contributed by atoms with van der Waals surface area (Å²) < 4.78 is 33.5. The molecule has 9 heteroatoms. The molecule has 7 nitrogen and oxygen atoms in total. The molecule has 1 heterocycles. The number of esters is 1. The Hall–Kier alpha value is -3.36. The van der Waals surface area contributed by atoms with E-state index in [-0.39, 0.29) is 29.2 Å². The zero-order valence-corrected chi connectivity index (χ0v) is 22.3. The third kappa shape index (κ3) is 5.97. The van der Waals surface area contributed by atoms with Crippen LogP contribution in [-0.2, 0) is 26.1 Å². The fraction of sp³-hybridized carbons (Fsp3) is 0.286. The number of aryl methyl sites for hydroxylation is 1. The Bertz CT molecular complexity index is 1370. The number of anilines is 1. The van der Waals surface area contributed by atoms with Gasteiger partial charge >= 0.3 is 5.97 Å². The number of sulfonamides is 1. The number of rotatable bonds is 7. The molecule has 0 saturated carbocycles. The standard InChI is InChI=1S/C28H29ClN2O5S/c1-20-8-13-24(29)18-26(20)31(37(34,35)25-6-4-3-5-7-25)19-21-9-11-22(12-10-21)27(32)30-16-14-23(15-17-30)28(33)36-2/h3-13,18,23H,14-17,19H2,1-2H3. The van der Waals surface area contributed by atoms with Crippen molar-refractivity contribution in [2.24, 2.45) is 5.92 Å². The summed E-state index contributed by atoms with van der Waals surface area (Å²) in [5.74, 6) is -0.528. The third-order valence-corrected chi connectivity index (χ3v) is 8.62. The molecular weight excluding hydrogens is 512 g/mol. The molecular formula is C28H29ClN2O5S. The summed E-state index contributed by atoms with van der Waals surface area (Å²) in [5, 5.41) is 0.436. The first-order valence-electron chi connectivity index (χ1n) is 12.0. The van der Waals surface area contributed by atoms with Crippen molar-refractivity contribution in [1.82, 2.24) is 4.90 Å². The average Bonchev–Trinajstić information content (AvgIpc) is 2.93. The number of halogens is 1. The Balaban J connectivity index is 1.56. The number of carbonyl (C=O) groups excluding carboxylic acids is 2. The molecule has 0 N–H and O–H groups in total. The van der Waals surface area contributed by atoms with E-state index in [0.29, 0.717) is 42.2 Å². The fourth-order valence-corrected chi connectivity index (χ4v) is 6.15. The Morgan fingerprint density at radius 3 is 2.27 bits per heavy atom. The lowest BCUT2D eigenvalue weighted by Crippen LogP contribution is -2.40. The molecule has 0 bridgehead atoms. The Morgan fingerprint density at radius 1 is 1.00 bits per heavy atom. The molecule has 1 saturated heterocycles. The molecule has 0 atom stereocenters. The van der Waals surface area contributed by atoms with Crippen LogP contribution in [0, 0.1) is 12.8 Å². The van der Waals surface area contributed by atoms with Crippen molar-refractivity contribution in [3.63, 3.8) is 0 Å². The van der Waals surface area contributed by atoms with E-state index in [9.17, 15) is 18.0 Å². The summed E-state index contributed by atoms with van der Waals surface area (Å²) in [7, 11) is -2.51. The van der Waals surface area contributed by atoms with E-state index in [2.05, 4.69) is 0 Å². The zero-order chi connectivity index (χ0) is 26.6. The van der Waals surface area contributed by atoms with Crippen LogP contribution in [0.3, 0.4) is 0 Å². The summed E-state index contributed by atoms with van der Waals surface area (Å²) in [4.78, 5) is 26.7. The van der Waals surface area contributed by atoms with E-state index in [0.717, 1.165) is 11.1 Å². The van der Waals surface area contributed by atoms with Gasteiger partial charge in [-0.3, -0.25) is 13.9 Å². The maximum atomic E-state index is 13.7. The van der Waals surface area contributed by atoms with Gasteiger partial charge in [-0.2, -0.15) is 0 Å². The largest absolute Gasteiger partial charge is 0.469 e. The first-order valence-corrected chi connectivity index (χ1v) is 13.8. The van der Waals surface area contributed by atoms with Gasteiger partial charge in [0.05, 0.1) is 30.2 Å². The molecule has 0 unspecified atom stereocenters. The van der Waals surface area contributed by atoms with Crippen LogP contribution in [0.1, 0.15) is 34.3 Å². The number of benzene rings is 3. The molecule has 4 rings (SSSR count). The molecule has 1 aliphatic rings. The minimum absolute atomic E-state index is 0.0669. The highest BCUT2D eigenvalue weighted by atomic mass is 35.5. The molecule has 1 aliphatic heterocycles. The minimum Gasteiger partial charge on any atom is -0.469 e. The molecule has 1 amide bonds. The number of amides is 1. The van der Waals surface area contributed by atoms with Crippen LogP contribution in [0.4, 0.5) is 5.69 Å². The van der Waals surface area contributed by atoms with Crippen LogP contribution in [0.15, 0.2) is 77.7 Å². The number of hydrogen-bond acceptors (Lipinski definition) is 5. The first-order chi connectivity index (χ1) is 17.7. The second-order valence-corrected chi connectivity index (χ2v) is 11.3. The van der Waals surface area contributed by atoms with Crippen LogP contribution in [0.2, 0.25) is 5.02 Å². The SMILES string of the molecule is COC(=O)C1CCN(C(=O)c2ccc(CN(c3cc(Cl)ccc3C)S(=O)(=O)c3ccccc3)cc2)CC1. The first kappa shape index (κ1) is 26.7. The van der Waals surface area contributed by atoms with Crippen LogP contribution < -0.4 is 4.31 Å². The van der Waals surface area contributed by atoms with Crippen molar-refractivity contribution >= 4 is 39.2 Å². The maximum absolute atomic E-state index is 13.7. The monoisotopic (exact) mass is 540 g/mol. The predicted molar refractivity (Wildman–Crippen MR) is 143 cm³/mol. The van der Waals surface area contributed by atoms with Crippen molar-refractivity contribution < 1.29 is 22.7 Å².